The van der Waals surface area contributed by atoms with E-state index >= 15 is 0 Å². The number of carbonyl (C=O) groups excluding carboxylic acids is 1. The van der Waals surface area contributed by atoms with E-state index in [9.17, 15) is 13.2 Å². The summed E-state index contributed by atoms with van der Waals surface area (Å²) >= 11 is 0. The van der Waals surface area contributed by atoms with E-state index in [0.717, 1.165) is 55.3 Å². The van der Waals surface area contributed by atoms with E-state index in [-0.39, 0.29) is 24.9 Å². The van der Waals surface area contributed by atoms with Crippen molar-refractivity contribution < 1.29 is 13.2 Å². The summed E-state index contributed by atoms with van der Waals surface area (Å²) in [6.45, 7) is 4.23. The molecule has 5 nitrogen and oxygen atoms in total. The van der Waals surface area contributed by atoms with Crippen molar-refractivity contribution in [3.05, 3.63) is 29.3 Å². The lowest BCUT2D eigenvalue weighted by atomic mass is 10.0. The molecule has 1 saturated carbocycles. The van der Waals surface area contributed by atoms with Crippen molar-refractivity contribution >= 4 is 21.6 Å². The van der Waals surface area contributed by atoms with E-state index in [1.54, 1.807) is 0 Å². The quantitative estimate of drug-likeness (QED) is 0.682. The van der Waals surface area contributed by atoms with Crippen LogP contribution >= 0.6 is 0 Å². The zero-order valence-electron chi connectivity index (χ0n) is 17.0. The number of hydrogen-bond acceptors (Lipinski definition) is 3. The van der Waals surface area contributed by atoms with E-state index in [2.05, 4.69) is 5.32 Å². The SMILES string of the molecule is CCc1cccc(CC)c1N(CCC(=O)NC1CCCCCC1)S(C)(=O)=O. The van der Waals surface area contributed by atoms with Crippen molar-refractivity contribution in [2.75, 3.05) is 17.1 Å². The molecule has 152 valence electrons. The molecule has 0 spiro atoms. The Kier molecular flexibility index (Phi) is 8.14. The van der Waals surface area contributed by atoms with E-state index < -0.39 is 10.0 Å². The van der Waals surface area contributed by atoms with Gasteiger partial charge in [0.1, 0.15) is 0 Å². The predicted octanol–water partition coefficient (Wildman–Crippen LogP) is 3.81. The minimum atomic E-state index is -3.46. The number of carbonyl (C=O) groups is 1. The lowest BCUT2D eigenvalue weighted by Crippen LogP contribution is -2.39. The van der Waals surface area contributed by atoms with Crippen LogP contribution in [0.1, 0.15) is 69.9 Å². The Labute approximate surface area is 164 Å². The standard InChI is InChI=1S/C21H34N2O3S/c1-4-17-11-10-12-18(5-2)21(17)23(27(3,25)26)16-15-20(24)22-19-13-8-6-7-9-14-19/h10-12,19H,4-9,13-16H2,1-3H3,(H,22,24). The summed E-state index contributed by atoms with van der Waals surface area (Å²) in [5.41, 5.74) is 2.76. The Morgan fingerprint density at radius 1 is 1.07 bits per heavy atom. The van der Waals surface area contributed by atoms with Crippen LogP contribution in [-0.4, -0.2) is 33.2 Å². The van der Waals surface area contributed by atoms with Gasteiger partial charge in [-0.25, -0.2) is 8.42 Å². The van der Waals surface area contributed by atoms with Crippen molar-refractivity contribution in [1.82, 2.24) is 5.32 Å². The Balaban J connectivity index is 2.13. The highest BCUT2D eigenvalue weighted by Crippen LogP contribution is 2.29. The Morgan fingerprint density at radius 3 is 2.11 bits per heavy atom. The van der Waals surface area contributed by atoms with Crippen molar-refractivity contribution in [1.29, 1.82) is 0 Å². The first kappa shape index (κ1) is 21.7. The first-order valence-electron chi connectivity index (χ1n) is 10.2. The minimum absolute atomic E-state index is 0.0532. The van der Waals surface area contributed by atoms with Crippen LogP contribution in [-0.2, 0) is 27.7 Å². The molecule has 0 saturated heterocycles. The molecule has 1 aliphatic carbocycles. The summed E-state index contributed by atoms with van der Waals surface area (Å²) in [6.07, 6.45) is 9.76. The highest BCUT2D eigenvalue weighted by atomic mass is 32.2. The van der Waals surface area contributed by atoms with Crippen LogP contribution < -0.4 is 9.62 Å². The van der Waals surface area contributed by atoms with Crippen LogP contribution in [0.5, 0.6) is 0 Å². The number of hydrogen-bond donors (Lipinski definition) is 1. The summed E-state index contributed by atoms with van der Waals surface area (Å²) in [4.78, 5) is 12.5. The highest BCUT2D eigenvalue weighted by molar-refractivity contribution is 7.92. The molecule has 1 amide bonds. The third-order valence-electron chi connectivity index (χ3n) is 5.38. The van der Waals surface area contributed by atoms with Gasteiger partial charge in [-0.3, -0.25) is 9.10 Å². The van der Waals surface area contributed by atoms with Gasteiger partial charge in [-0.2, -0.15) is 0 Å². The first-order valence-corrected chi connectivity index (χ1v) is 12.1. The molecule has 0 aromatic heterocycles. The summed E-state index contributed by atoms with van der Waals surface area (Å²) in [6, 6.07) is 6.15. The number of sulfonamides is 1. The molecule has 1 N–H and O–H groups in total. The monoisotopic (exact) mass is 394 g/mol. The number of benzene rings is 1. The van der Waals surface area contributed by atoms with Crippen molar-refractivity contribution in [3.63, 3.8) is 0 Å². The summed E-state index contributed by atoms with van der Waals surface area (Å²) in [5, 5.41) is 3.11. The second-order valence-corrected chi connectivity index (χ2v) is 9.38. The third-order valence-corrected chi connectivity index (χ3v) is 6.54. The third kappa shape index (κ3) is 6.23. The van der Waals surface area contributed by atoms with Crippen LogP contribution in [0.2, 0.25) is 0 Å². The number of para-hydroxylation sites is 1. The molecule has 0 atom stereocenters. The number of amides is 1. The van der Waals surface area contributed by atoms with Gasteiger partial charge < -0.3 is 5.32 Å². The summed E-state index contributed by atoms with van der Waals surface area (Å²) in [7, 11) is -3.46. The van der Waals surface area contributed by atoms with Crippen molar-refractivity contribution in [3.8, 4) is 0 Å². The fraction of sp³-hybridized carbons (Fsp3) is 0.667. The van der Waals surface area contributed by atoms with Gasteiger partial charge in [-0.05, 0) is 36.8 Å². The molecule has 0 heterocycles. The molecule has 1 aliphatic rings. The van der Waals surface area contributed by atoms with E-state index in [0.29, 0.717) is 0 Å². The molecule has 27 heavy (non-hydrogen) atoms. The average molecular weight is 395 g/mol. The topological polar surface area (TPSA) is 66.5 Å². The fourth-order valence-electron chi connectivity index (χ4n) is 3.91. The Bertz CT molecular complexity index is 701. The van der Waals surface area contributed by atoms with E-state index in [4.69, 9.17) is 0 Å². The smallest absolute Gasteiger partial charge is 0.232 e. The zero-order chi connectivity index (χ0) is 19.9. The molecule has 0 bridgehead atoms. The molecule has 1 fully saturated rings. The van der Waals surface area contributed by atoms with E-state index in [1.165, 1.54) is 23.4 Å². The number of nitrogens with one attached hydrogen (secondary N) is 1. The summed E-state index contributed by atoms with van der Waals surface area (Å²) < 4.78 is 26.4. The number of anilines is 1. The molecule has 1 aromatic rings. The lowest BCUT2D eigenvalue weighted by molar-refractivity contribution is -0.121. The van der Waals surface area contributed by atoms with Crippen LogP contribution in [0, 0.1) is 0 Å². The molecule has 0 unspecified atom stereocenters. The molecular formula is C21H34N2O3S. The fourth-order valence-corrected chi connectivity index (χ4v) is 4.89. The van der Waals surface area contributed by atoms with E-state index in [1.807, 2.05) is 32.0 Å². The number of rotatable bonds is 8. The average Bonchev–Trinajstić information content (AvgIpc) is 2.89. The van der Waals surface area contributed by atoms with Gasteiger partial charge in [0.05, 0.1) is 11.9 Å². The van der Waals surface area contributed by atoms with Gasteiger partial charge in [0.15, 0.2) is 0 Å². The van der Waals surface area contributed by atoms with Crippen molar-refractivity contribution in [2.24, 2.45) is 0 Å². The second kappa shape index (κ2) is 10.1. The van der Waals surface area contributed by atoms with Crippen molar-refractivity contribution in [2.45, 2.75) is 77.7 Å². The molecule has 2 rings (SSSR count). The number of nitrogens with zero attached hydrogens (tertiary/aromatic N) is 1. The maximum atomic E-state index is 12.5. The van der Waals surface area contributed by atoms with Gasteiger partial charge in [0.2, 0.25) is 15.9 Å². The van der Waals surface area contributed by atoms with Gasteiger partial charge in [0, 0.05) is 19.0 Å². The maximum absolute atomic E-state index is 12.5. The Morgan fingerprint density at radius 2 is 1.63 bits per heavy atom. The van der Waals surface area contributed by atoms with Crippen LogP contribution in [0.3, 0.4) is 0 Å². The molecule has 0 radical (unpaired) electrons. The van der Waals surface area contributed by atoms with Crippen LogP contribution in [0.15, 0.2) is 18.2 Å². The van der Waals surface area contributed by atoms with Crippen LogP contribution in [0.25, 0.3) is 0 Å². The van der Waals surface area contributed by atoms with Gasteiger partial charge >= 0.3 is 0 Å². The largest absolute Gasteiger partial charge is 0.353 e. The summed E-state index contributed by atoms with van der Waals surface area (Å²) in [5.74, 6) is -0.0532. The Hall–Kier alpha value is -1.56. The first-order chi connectivity index (χ1) is 12.9. The maximum Gasteiger partial charge on any atom is 0.232 e. The minimum Gasteiger partial charge on any atom is -0.353 e. The van der Waals surface area contributed by atoms with Gasteiger partial charge in [-0.15, -0.1) is 0 Å². The van der Waals surface area contributed by atoms with Crippen LogP contribution in [0.4, 0.5) is 5.69 Å². The highest BCUT2D eigenvalue weighted by Gasteiger charge is 2.24. The molecule has 1 aromatic carbocycles. The second-order valence-electron chi connectivity index (χ2n) is 7.47. The predicted molar refractivity (Wildman–Crippen MR) is 112 cm³/mol. The molecule has 0 aliphatic heterocycles. The normalized spacial score (nSPS) is 16.0. The molecular weight excluding hydrogens is 360 g/mol. The van der Waals surface area contributed by atoms with Gasteiger partial charge in [0.25, 0.3) is 0 Å². The number of aryl methyl sites for hydroxylation is 2. The molecule has 6 heteroatoms. The lowest BCUT2D eigenvalue weighted by Gasteiger charge is -2.27. The zero-order valence-corrected chi connectivity index (χ0v) is 17.8. The van der Waals surface area contributed by atoms with Gasteiger partial charge in [-0.1, -0.05) is 57.7 Å².